The average molecular weight is 412 g/mol. The highest BCUT2D eigenvalue weighted by Crippen LogP contribution is 2.36. The van der Waals surface area contributed by atoms with Gasteiger partial charge in [-0.2, -0.15) is 5.26 Å². The number of carbonyl (C=O) groups excluding carboxylic acids is 1. The average Bonchev–Trinajstić information content (AvgIpc) is 2.62. The molecule has 0 saturated carbocycles. The molecule has 0 spiro atoms. The van der Waals surface area contributed by atoms with Gasteiger partial charge in [-0.15, -0.1) is 0 Å². The van der Waals surface area contributed by atoms with Gasteiger partial charge in [0.25, 0.3) is 5.91 Å². The van der Waals surface area contributed by atoms with Gasteiger partial charge in [-0.25, -0.2) is 0 Å². The van der Waals surface area contributed by atoms with E-state index in [1.54, 1.807) is 30.3 Å². The Bertz CT molecular complexity index is 921. The van der Waals surface area contributed by atoms with Crippen LogP contribution in [0.25, 0.3) is 6.08 Å². The van der Waals surface area contributed by atoms with Crippen molar-refractivity contribution in [2.24, 2.45) is 0 Å². The minimum atomic E-state index is -0.637. The van der Waals surface area contributed by atoms with Gasteiger partial charge >= 0.3 is 0 Å². The third-order valence-electron chi connectivity index (χ3n) is 3.33. The lowest BCUT2D eigenvalue weighted by atomic mass is 10.1. The molecular weight excluding hydrogens is 399 g/mol. The monoisotopic (exact) mass is 410 g/mol. The van der Waals surface area contributed by atoms with Crippen molar-refractivity contribution in [1.82, 2.24) is 0 Å². The Kier molecular flexibility index (Phi) is 6.76. The van der Waals surface area contributed by atoms with E-state index in [-0.39, 0.29) is 15.6 Å². The molecule has 0 bridgehead atoms. The van der Waals surface area contributed by atoms with Crippen molar-refractivity contribution in [2.75, 3.05) is 19.5 Å². The van der Waals surface area contributed by atoms with Crippen LogP contribution in [-0.4, -0.2) is 20.1 Å². The van der Waals surface area contributed by atoms with E-state index in [1.807, 2.05) is 6.07 Å². The lowest BCUT2D eigenvalue weighted by Crippen LogP contribution is -2.13. The Labute approximate surface area is 165 Å². The number of benzene rings is 2. The fraction of sp³-hybridized carbons (Fsp3) is 0.111. The number of nitrogens with one attached hydrogen (secondary N) is 1. The van der Waals surface area contributed by atoms with E-state index in [9.17, 15) is 10.1 Å². The lowest BCUT2D eigenvalue weighted by Gasteiger charge is -2.11. The summed E-state index contributed by atoms with van der Waals surface area (Å²) in [6.07, 6.45) is 1.38. The van der Waals surface area contributed by atoms with Crippen LogP contribution in [0.15, 0.2) is 35.9 Å². The van der Waals surface area contributed by atoms with Crippen LogP contribution < -0.4 is 14.8 Å². The van der Waals surface area contributed by atoms with Crippen LogP contribution in [0.3, 0.4) is 0 Å². The first-order valence-electron chi connectivity index (χ1n) is 7.20. The largest absolute Gasteiger partial charge is 0.493 e. The zero-order valence-electron chi connectivity index (χ0n) is 13.8. The van der Waals surface area contributed by atoms with E-state index in [0.29, 0.717) is 27.8 Å². The van der Waals surface area contributed by atoms with E-state index < -0.39 is 5.91 Å². The molecule has 0 aromatic heterocycles. The molecule has 8 heteroatoms. The molecule has 1 N–H and O–H groups in total. The molecule has 2 aromatic carbocycles. The molecular formula is C18H13Cl3N2O3. The number of amides is 1. The van der Waals surface area contributed by atoms with Gasteiger partial charge in [0.05, 0.1) is 35.0 Å². The van der Waals surface area contributed by atoms with Crippen molar-refractivity contribution in [2.45, 2.75) is 0 Å². The van der Waals surface area contributed by atoms with E-state index in [1.165, 1.54) is 20.3 Å². The van der Waals surface area contributed by atoms with Gasteiger partial charge < -0.3 is 14.8 Å². The Morgan fingerprint density at radius 2 is 1.88 bits per heavy atom. The number of hydrogen-bond donors (Lipinski definition) is 1. The first-order valence-corrected chi connectivity index (χ1v) is 8.33. The molecule has 1 amide bonds. The summed E-state index contributed by atoms with van der Waals surface area (Å²) in [5.74, 6) is 0.101. The molecule has 0 atom stereocenters. The van der Waals surface area contributed by atoms with E-state index in [4.69, 9.17) is 44.3 Å². The fourth-order valence-corrected chi connectivity index (χ4v) is 2.77. The van der Waals surface area contributed by atoms with Gasteiger partial charge in [-0.1, -0.05) is 40.9 Å². The molecule has 0 radical (unpaired) electrons. The number of carbonyl (C=O) groups is 1. The molecule has 0 unspecified atom stereocenters. The quantitative estimate of drug-likeness (QED) is 0.541. The zero-order valence-corrected chi connectivity index (χ0v) is 16.0. The smallest absolute Gasteiger partial charge is 0.266 e. The van der Waals surface area contributed by atoms with Gasteiger partial charge in [0.1, 0.15) is 11.6 Å². The molecule has 0 aliphatic heterocycles. The normalized spacial score (nSPS) is 10.8. The number of hydrogen-bond acceptors (Lipinski definition) is 4. The highest BCUT2D eigenvalue weighted by molar-refractivity contribution is 6.44. The molecule has 5 nitrogen and oxygen atoms in total. The van der Waals surface area contributed by atoms with Crippen LogP contribution in [0.2, 0.25) is 15.1 Å². The number of methoxy groups -OCH3 is 2. The molecule has 2 aromatic rings. The number of halogens is 3. The summed E-state index contributed by atoms with van der Waals surface area (Å²) in [7, 11) is 2.92. The third-order valence-corrected chi connectivity index (χ3v) is 4.43. The van der Waals surface area contributed by atoms with Crippen LogP contribution in [0.5, 0.6) is 11.5 Å². The Morgan fingerprint density at radius 3 is 2.50 bits per heavy atom. The van der Waals surface area contributed by atoms with Crippen molar-refractivity contribution in [1.29, 1.82) is 5.26 Å². The van der Waals surface area contributed by atoms with Crippen LogP contribution in [0.1, 0.15) is 5.56 Å². The van der Waals surface area contributed by atoms with E-state index >= 15 is 0 Å². The second kappa shape index (κ2) is 8.81. The SMILES string of the molecule is COc1cc(/C=C(\C#N)C(=O)Nc2cccc(Cl)c2Cl)cc(Cl)c1OC. The first-order chi connectivity index (χ1) is 12.4. The highest BCUT2D eigenvalue weighted by atomic mass is 35.5. The topological polar surface area (TPSA) is 71.3 Å². The third kappa shape index (κ3) is 4.41. The van der Waals surface area contributed by atoms with Gasteiger partial charge in [-0.3, -0.25) is 4.79 Å². The molecule has 2 rings (SSSR count). The van der Waals surface area contributed by atoms with Crippen molar-refractivity contribution < 1.29 is 14.3 Å². The molecule has 0 aliphatic carbocycles. The summed E-state index contributed by atoms with van der Waals surface area (Å²) >= 11 is 18.1. The highest BCUT2D eigenvalue weighted by Gasteiger charge is 2.15. The van der Waals surface area contributed by atoms with Gasteiger partial charge in [0, 0.05) is 0 Å². The molecule has 0 fully saturated rings. The van der Waals surface area contributed by atoms with Gasteiger partial charge in [0.2, 0.25) is 0 Å². The Morgan fingerprint density at radius 1 is 1.15 bits per heavy atom. The summed E-state index contributed by atoms with van der Waals surface area (Å²) in [6, 6.07) is 9.80. The van der Waals surface area contributed by atoms with E-state index in [2.05, 4.69) is 5.32 Å². The summed E-state index contributed by atoms with van der Waals surface area (Å²) in [5.41, 5.74) is 0.650. The Balaban J connectivity index is 2.36. The van der Waals surface area contributed by atoms with Crippen LogP contribution >= 0.6 is 34.8 Å². The summed E-state index contributed by atoms with van der Waals surface area (Å²) in [5, 5.41) is 12.6. The standard InChI is InChI=1S/C18H13Cl3N2O3/c1-25-15-8-10(7-13(20)17(15)26-2)6-11(9-22)18(24)23-14-5-3-4-12(19)16(14)21/h3-8H,1-2H3,(H,23,24)/b11-6+. The fourth-order valence-electron chi connectivity index (χ4n) is 2.13. The predicted octanol–water partition coefficient (Wildman–Crippen LogP) is 5.21. The molecule has 0 aliphatic rings. The van der Waals surface area contributed by atoms with Crippen molar-refractivity contribution in [3.05, 3.63) is 56.5 Å². The predicted molar refractivity (Wildman–Crippen MR) is 103 cm³/mol. The van der Waals surface area contributed by atoms with Crippen LogP contribution in [-0.2, 0) is 4.79 Å². The number of nitrogens with zero attached hydrogens (tertiary/aromatic N) is 1. The summed E-state index contributed by atoms with van der Waals surface area (Å²) in [4.78, 5) is 12.4. The zero-order chi connectivity index (χ0) is 19.3. The number of nitriles is 1. The maximum Gasteiger partial charge on any atom is 0.266 e. The Hall–Kier alpha value is -2.39. The van der Waals surface area contributed by atoms with Crippen molar-refractivity contribution in [3.63, 3.8) is 0 Å². The maximum absolute atomic E-state index is 12.4. The number of ether oxygens (including phenoxy) is 2. The minimum Gasteiger partial charge on any atom is -0.493 e. The van der Waals surface area contributed by atoms with Crippen LogP contribution in [0.4, 0.5) is 5.69 Å². The second-order valence-electron chi connectivity index (χ2n) is 4.96. The minimum absolute atomic E-state index is 0.149. The molecule has 0 heterocycles. The van der Waals surface area contributed by atoms with E-state index in [0.717, 1.165) is 0 Å². The van der Waals surface area contributed by atoms with Crippen molar-refractivity contribution >= 4 is 52.5 Å². The van der Waals surface area contributed by atoms with Crippen LogP contribution in [0, 0.1) is 11.3 Å². The second-order valence-corrected chi connectivity index (χ2v) is 6.16. The molecule has 26 heavy (non-hydrogen) atoms. The molecule has 134 valence electrons. The number of rotatable bonds is 5. The molecule has 0 saturated heterocycles. The summed E-state index contributed by atoms with van der Waals surface area (Å²) in [6.45, 7) is 0. The maximum atomic E-state index is 12.4. The number of anilines is 1. The van der Waals surface area contributed by atoms with Crippen molar-refractivity contribution in [3.8, 4) is 17.6 Å². The first kappa shape index (κ1) is 19.9. The van der Waals surface area contributed by atoms with Gasteiger partial charge in [0.15, 0.2) is 11.5 Å². The van der Waals surface area contributed by atoms with Gasteiger partial charge in [-0.05, 0) is 35.9 Å². The lowest BCUT2D eigenvalue weighted by molar-refractivity contribution is -0.112. The summed E-state index contributed by atoms with van der Waals surface area (Å²) < 4.78 is 10.4.